The quantitative estimate of drug-likeness (QED) is 0.569. The predicted molar refractivity (Wildman–Crippen MR) is 100 cm³/mol. The van der Waals surface area contributed by atoms with Crippen LogP contribution in [0.1, 0.15) is 28.6 Å². The molecule has 0 fully saturated rings. The number of aryl methyl sites for hydroxylation is 1. The van der Waals surface area contributed by atoms with Gasteiger partial charge in [-0.2, -0.15) is 0 Å². The number of nitrogens with one attached hydrogen (secondary N) is 1. The van der Waals surface area contributed by atoms with Crippen molar-refractivity contribution in [1.29, 1.82) is 0 Å². The third kappa shape index (κ3) is 3.52. The highest BCUT2D eigenvalue weighted by Gasteiger charge is 2.18. The number of rotatable bonds is 4. The van der Waals surface area contributed by atoms with Crippen LogP contribution in [-0.4, -0.2) is 5.91 Å². The summed E-state index contributed by atoms with van der Waals surface area (Å²) >= 11 is 13.5. The van der Waals surface area contributed by atoms with Crippen molar-refractivity contribution in [2.75, 3.05) is 5.32 Å². The molecule has 23 heavy (non-hydrogen) atoms. The van der Waals surface area contributed by atoms with Gasteiger partial charge >= 0.3 is 0 Å². The summed E-state index contributed by atoms with van der Waals surface area (Å²) in [5, 5.41) is 5.06. The molecule has 118 valence electrons. The van der Waals surface area contributed by atoms with E-state index in [9.17, 15) is 4.79 Å². The molecule has 5 heteroatoms. The van der Waals surface area contributed by atoms with Crippen LogP contribution in [0.2, 0.25) is 10.0 Å². The van der Waals surface area contributed by atoms with Crippen LogP contribution in [0.4, 0.5) is 5.69 Å². The Morgan fingerprint density at radius 2 is 1.83 bits per heavy atom. The van der Waals surface area contributed by atoms with E-state index in [2.05, 4.69) is 18.3 Å². The second-order valence-electron chi connectivity index (χ2n) is 5.27. The van der Waals surface area contributed by atoms with E-state index in [4.69, 9.17) is 23.2 Å². The minimum absolute atomic E-state index is 0.118. The van der Waals surface area contributed by atoms with E-state index in [0.29, 0.717) is 15.7 Å². The van der Waals surface area contributed by atoms with Gasteiger partial charge < -0.3 is 5.32 Å². The zero-order chi connectivity index (χ0) is 16.4. The maximum atomic E-state index is 12.7. The second-order valence-corrected chi connectivity index (χ2v) is 7.19. The number of hydrogen-bond donors (Lipinski definition) is 1. The van der Waals surface area contributed by atoms with Crippen LogP contribution in [0.15, 0.2) is 42.5 Å². The van der Waals surface area contributed by atoms with E-state index in [1.54, 1.807) is 18.2 Å². The van der Waals surface area contributed by atoms with Gasteiger partial charge in [-0.25, -0.2) is 0 Å². The van der Waals surface area contributed by atoms with E-state index in [1.165, 1.54) is 11.3 Å². The molecule has 2 aromatic carbocycles. The fourth-order valence-corrected chi connectivity index (χ4v) is 4.27. The zero-order valence-corrected chi connectivity index (χ0v) is 14.9. The summed E-state index contributed by atoms with van der Waals surface area (Å²) in [7, 11) is 0. The van der Waals surface area contributed by atoms with Crippen LogP contribution in [0.3, 0.4) is 0 Å². The Hall–Kier alpha value is -1.55. The Labute approximate surface area is 149 Å². The van der Waals surface area contributed by atoms with Crippen molar-refractivity contribution in [2.45, 2.75) is 19.8 Å². The van der Waals surface area contributed by atoms with Crippen molar-refractivity contribution < 1.29 is 4.79 Å². The van der Waals surface area contributed by atoms with Gasteiger partial charge in [-0.3, -0.25) is 4.79 Å². The summed E-state index contributed by atoms with van der Waals surface area (Å²) in [6, 6.07) is 13.1. The molecule has 1 amide bonds. The molecule has 0 saturated heterocycles. The lowest BCUT2D eigenvalue weighted by Gasteiger charge is -2.07. The highest BCUT2D eigenvalue weighted by molar-refractivity contribution is 7.21. The Kier molecular flexibility index (Phi) is 4.90. The van der Waals surface area contributed by atoms with Gasteiger partial charge in [0.25, 0.3) is 5.91 Å². The smallest absolute Gasteiger partial charge is 0.266 e. The van der Waals surface area contributed by atoms with Crippen molar-refractivity contribution in [3.8, 4) is 0 Å². The second kappa shape index (κ2) is 6.91. The fraction of sp³-hybridized carbons (Fsp3) is 0.167. The summed E-state index contributed by atoms with van der Waals surface area (Å²) in [6.45, 7) is 2.12. The van der Waals surface area contributed by atoms with Gasteiger partial charge in [0.1, 0.15) is 0 Å². The van der Waals surface area contributed by atoms with Crippen molar-refractivity contribution in [2.24, 2.45) is 0 Å². The highest BCUT2D eigenvalue weighted by Crippen LogP contribution is 2.33. The Morgan fingerprint density at radius 3 is 2.52 bits per heavy atom. The molecule has 1 aromatic heterocycles. The molecule has 2 nitrogen and oxygen atoms in total. The van der Waals surface area contributed by atoms with Crippen LogP contribution in [-0.2, 0) is 6.42 Å². The number of benzene rings is 2. The lowest BCUT2D eigenvalue weighted by molar-refractivity contribution is 0.103. The predicted octanol–water partition coefficient (Wildman–Crippen LogP) is 6.41. The number of thiophene rings is 1. The first-order chi connectivity index (χ1) is 11.1. The van der Waals surface area contributed by atoms with E-state index in [-0.39, 0.29) is 5.91 Å². The van der Waals surface area contributed by atoms with Gasteiger partial charge in [0, 0.05) is 20.4 Å². The van der Waals surface area contributed by atoms with E-state index in [1.807, 2.05) is 18.2 Å². The maximum Gasteiger partial charge on any atom is 0.266 e. The number of fused-ring (bicyclic) bond motifs is 1. The van der Waals surface area contributed by atoms with Gasteiger partial charge in [-0.05, 0) is 41.6 Å². The number of carbonyl (C=O) groups is 1. The zero-order valence-electron chi connectivity index (χ0n) is 12.5. The summed E-state index contributed by atoms with van der Waals surface area (Å²) in [4.78, 5) is 13.5. The maximum absolute atomic E-state index is 12.7. The lowest BCUT2D eigenvalue weighted by Crippen LogP contribution is -2.12. The van der Waals surface area contributed by atoms with E-state index < -0.39 is 0 Å². The molecule has 1 heterocycles. The standard InChI is InChI=1S/C18H15Cl2NOS/c1-2-5-15-14-6-3-4-7-16(14)23-17(15)18(22)21-13-9-11(19)8-12(20)10-13/h3-4,6-10H,2,5H2,1H3,(H,21,22). The van der Waals surface area contributed by atoms with Crippen LogP contribution in [0.5, 0.6) is 0 Å². The number of hydrogen-bond acceptors (Lipinski definition) is 2. The van der Waals surface area contributed by atoms with Crippen molar-refractivity contribution in [1.82, 2.24) is 0 Å². The van der Waals surface area contributed by atoms with Crippen molar-refractivity contribution >= 4 is 56.2 Å². The summed E-state index contributed by atoms with van der Waals surface area (Å²) in [5.41, 5.74) is 1.71. The SMILES string of the molecule is CCCc1c(C(=O)Nc2cc(Cl)cc(Cl)c2)sc2ccccc12. The Balaban J connectivity index is 1.98. The molecular formula is C18H15Cl2NOS. The minimum Gasteiger partial charge on any atom is -0.321 e. The third-order valence-electron chi connectivity index (χ3n) is 3.52. The molecule has 3 rings (SSSR count). The van der Waals surface area contributed by atoms with Crippen molar-refractivity contribution in [3.05, 3.63) is 63.0 Å². The highest BCUT2D eigenvalue weighted by atomic mass is 35.5. The molecule has 0 radical (unpaired) electrons. The number of amides is 1. The summed E-state index contributed by atoms with van der Waals surface area (Å²) in [6.07, 6.45) is 1.87. The molecule has 1 N–H and O–H groups in total. The Morgan fingerprint density at radius 1 is 1.13 bits per heavy atom. The van der Waals surface area contributed by atoms with Gasteiger partial charge in [-0.15, -0.1) is 11.3 Å². The molecule has 0 aliphatic carbocycles. The van der Waals surface area contributed by atoms with Crippen LogP contribution < -0.4 is 5.32 Å². The average Bonchev–Trinajstić information content (AvgIpc) is 2.86. The van der Waals surface area contributed by atoms with Gasteiger partial charge in [0.05, 0.1) is 4.88 Å². The average molecular weight is 364 g/mol. The topological polar surface area (TPSA) is 29.1 Å². The summed E-state index contributed by atoms with van der Waals surface area (Å²) < 4.78 is 1.13. The molecule has 0 saturated carbocycles. The minimum atomic E-state index is -0.118. The largest absolute Gasteiger partial charge is 0.321 e. The lowest BCUT2D eigenvalue weighted by atomic mass is 10.1. The molecule has 0 bridgehead atoms. The first kappa shape index (κ1) is 16.3. The first-order valence-corrected chi connectivity index (χ1v) is 8.93. The first-order valence-electron chi connectivity index (χ1n) is 7.36. The summed E-state index contributed by atoms with van der Waals surface area (Å²) in [5.74, 6) is -0.118. The number of carbonyl (C=O) groups excluding carboxylic acids is 1. The van der Waals surface area contributed by atoms with E-state index >= 15 is 0 Å². The van der Waals surface area contributed by atoms with Crippen LogP contribution >= 0.6 is 34.5 Å². The van der Waals surface area contributed by atoms with Crippen LogP contribution in [0.25, 0.3) is 10.1 Å². The molecular weight excluding hydrogens is 349 g/mol. The molecule has 0 atom stereocenters. The molecule has 0 aliphatic rings. The molecule has 0 unspecified atom stereocenters. The molecule has 0 aliphatic heterocycles. The van der Waals surface area contributed by atoms with E-state index in [0.717, 1.165) is 33.4 Å². The molecule has 0 spiro atoms. The van der Waals surface area contributed by atoms with Gasteiger partial charge in [0.15, 0.2) is 0 Å². The van der Waals surface area contributed by atoms with Gasteiger partial charge in [-0.1, -0.05) is 54.7 Å². The number of anilines is 1. The number of halogens is 2. The molecule has 3 aromatic rings. The van der Waals surface area contributed by atoms with Crippen molar-refractivity contribution in [3.63, 3.8) is 0 Å². The monoisotopic (exact) mass is 363 g/mol. The van der Waals surface area contributed by atoms with Crippen LogP contribution in [0, 0.1) is 0 Å². The fourth-order valence-electron chi connectivity index (χ4n) is 2.59. The third-order valence-corrected chi connectivity index (χ3v) is 5.17. The Bertz CT molecular complexity index is 852. The van der Waals surface area contributed by atoms with Gasteiger partial charge in [0.2, 0.25) is 0 Å². The normalized spacial score (nSPS) is 10.9.